The maximum absolute atomic E-state index is 12.6. The number of rotatable bonds is 8. The Morgan fingerprint density at radius 2 is 2.00 bits per heavy atom. The molecule has 158 valence electrons. The molecule has 4 rings (SSSR count). The molecule has 3 heterocycles. The van der Waals surface area contributed by atoms with Crippen LogP contribution in [0.3, 0.4) is 0 Å². The first-order chi connectivity index (χ1) is 14.7. The zero-order valence-electron chi connectivity index (χ0n) is 17.1. The molecule has 1 aliphatic heterocycles. The molecule has 0 saturated carbocycles. The standard InChI is InChI=1S/C22H26N4O3S/c1-17-4-6-18(7-5-17)15-20-23-22(30-24-20)26(16-19-3-2-12-29-19)9-8-21(27)25-10-13-28-14-11-25/h2-7,12H,8-11,13-16H2,1H3. The molecule has 2 aromatic heterocycles. The van der Waals surface area contributed by atoms with Crippen molar-refractivity contribution in [1.29, 1.82) is 0 Å². The van der Waals surface area contributed by atoms with Crippen LogP contribution in [0.15, 0.2) is 47.1 Å². The van der Waals surface area contributed by atoms with E-state index in [0.29, 0.717) is 52.2 Å². The van der Waals surface area contributed by atoms with Crippen molar-refractivity contribution in [2.75, 3.05) is 37.7 Å². The first-order valence-corrected chi connectivity index (χ1v) is 11.0. The Labute approximate surface area is 180 Å². The summed E-state index contributed by atoms with van der Waals surface area (Å²) in [5.41, 5.74) is 2.42. The van der Waals surface area contributed by atoms with Gasteiger partial charge in [0.2, 0.25) is 11.0 Å². The molecular formula is C22H26N4O3S. The van der Waals surface area contributed by atoms with E-state index in [0.717, 1.165) is 16.7 Å². The molecule has 1 saturated heterocycles. The highest BCUT2D eigenvalue weighted by molar-refractivity contribution is 7.09. The molecule has 0 radical (unpaired) electrons. The third-order valence-electron chi connectivity index (χ3n) is 5.10. The van der Waals surface area contributed by atoms with E-state index in [2.05, 4.69) is 40.5 Å². The largest absolute Gasteiger partial charge is 0.467 e. The minimum atomic E-state index is 0.145. The molecule has 7 nitrogen and oxygen atoms in total. The molecule has 30 heavy (non-hydrogen) atoms. The number of aryl methyl sites for hydroxylation is 1. The third-order valence-corrected chi connectivity index (χ3v) is 5.91. The highest BCUT2D eigenvalue weighted by Gasteiger charge is 2.20. The van der Waals surface area contributed by atoms with Crippen molar-refractivity contribution in [3.8, 4) is 0 Å². The quantitative estimate of drug-likeness (QED) is 0.550. The molecular weight excluding hydrogens is 400 g/mol. The fourth-order valence-electron chi connectivity index (χ4n) is 3.37. The molecule has 3 aromatic rings. The molecule has 0 N–H and O–H groups in total. The SMILES string of the molecule is Cc1ccc(Cc2nsc(N(CCC(=O)N3CCOCC3)Cc3ccco3)n2)cc1. The maximum Gasteiger partial charge on any atom is 0.224 e. The second kappa shape index (κ2) is 9.86. The smallest absolute Gasteiger partial charge is 0.224 e. The Balaban J connectivity index is 1.43. The minimum Gasteiger partial charge on any atom is -0.467 e. The lowest BCUT2D eigenvalue weighted by Gasteiger charge is -2.28. The van der Waals surface area contributed by atoms with E-state index in [1.807, 2.05) is 17.0 Å². The van der Waals surface area contributed by atoms with Gasteiger partial charge >= 0.3 is 0 Å². The summed E-state index contributed by atoms with van der Waals surface area (Å²) in [6, 6.07) is 12.2. The Kier molecular flexibility index (Phi) is 6.76. The number of nitrogens with zero attached hydrogens (tertiary/aromatic N) is 4. The lowest BCUT2D eigenvalue weighted by molar-refractivity contribution is -0.135. The number of ether oxygens (including phenoxy) is 1. The van der Waals surface area contributed by atoms with Crippen LogP contribution in [-0.2, 0) is 22.5 Å². The molecule has 0 bridgehead atoms. The van der Waals surface area contributed by atoms with E-state index >= 15 is 0 Å². The lowest BCUT2D eigenvalue weighted by atomic mass is 10.1. The Hall–Kier alpha value is -2.71. The molecule has 0 atom stereocenters. The van der Waals surface area contributed by atoms with Gasteiger partial charge in [-0.05, 0) is 24.6 Å². The van der Waals surface area contributed by atoms with Crippen molar-refractivity contribution in [3.63, 3.8) is 0 Å². The number of hydrogen-bond acceptors (Lipinski definition) is 7. The first kappa shape index (κ1) is 20.6. The summed E-state index contributed by atoms with van der Waals surface area (Å²) in [6.07, 6.45) is 2.78. The van der Waals surface area contributed by atoms with E-state index in [9.17, 15) is 4.79 Å². The predicted octanol–water partition coefficient (Wildman–Crippen LogP) is 3.29. The van der Waals surface area contributed by atoms with E-state index in [1.54, 1.807) is 6.26 Å². The van der Waals surface area contributed by atoms with Crippen molar-refractivity contribution in [2.24, 2.45) is 0 Å². The van der Waals surface area contributed by atoms with Crippen LogP contribution in [0.2, 0.25) is 0 Å². The fraction of sp³-hybridized carbons (Fsp3) is 0.409. The zero-order valence-corrected chi connectivity index (χ0v) is 17.9. The summed E-state index contributed by atoms with van der Waals surface area (Å²) < 4.78 is 15.4. The van der Waals surface area contributed by atoms with Crippen LogP contribution in [0.5, 0.6) is 0 Å². The van der Waals surface area contributed by atoms with Crippen molar-refractivity contribution in [2.45, 2.75) is 26.3 Å². The van der Waals surface area contributed by atoms with Gasteiger partial charge in [0, 0.05) is 44.0 Å². The number of carbonyl (C=O) groups is 1. The maximum atomic E-state index is 12.6. The van der Waals surface area contributed by atoms with Gasteiger partial charge in [-0.1, -0.05) is 29.8 Å². The van der Waals surface area contributed by atoms with Crippen molar-refractivity contribution >= 4 is 22.6 Å². The Morgan fingerprint density at radius 1 is 1.20 bits per heavy atom. The molecule has 1 aliphatic rings. The second-order valence-corrected chi connectivity index (χ2v) is 8.13. The molecule has 0 spiro atoms. The predicted molar refractivity (Wildman–Crippen MR) is 116 cm³/mol. The molecule has 0 aliphatic carbocycles. The van der Waals surface area contributed by atoms with Crippen LogP contribution < -0.4 is 4.90 Å². The lowest BCUT2D eigenvalue weighted by Crippen LogP contribution is -2.42. The number of benzene rings is 1. The summed E-state index contributed by atoms with van der Waals surface area (Å²) in [5.74, 6) is 1.78. The summed E-state index contributed by atoms with van der Waals surface area (Å²) >= 11 is 1.37. The Morgan fingerprint density at radius 3 is 2.73 bits per heavy atom. The van der Waals surface area contributed by atoms with E-state index in [-0.39, 0.29) is 5.91 Å². The monoisotopic (exact) mass is 426 g/mol. The molecule has 8 heteroatoms. The molecule has 1 aromatic carbocycles. The number of aromatic nitrogens is 2. The topological polar surface area (TPSA) is 71.7 Å². The highest BCUT2D eigenvalue weighted by Crippen LogP contribution is 2.22. The zero-order chi connectivity index (χ0) is 20.8. The van der Waals surface area contributed by atoms with Gasteiger partial charge in [-0.15, -0.1) is 0 Å². The molecule has 1 fully saturated rings. The van der Waals surface area contributed by atoms with Gasteiger partial charge in [0.1, 0.15) is 11.6 Å². The number of hydrogen-bond donors (Lipinski definition) is 0. The number of morpholine rings is 1. The third kappa shape index (κ3) is 5.46. The fourth-order valence-corrected chi connectivity index (χ4v) is 4.08. The van der Waals surface area contributed by atoms with E-state index in [4.69, 9.17) is 14.1 Å². The van der Waals surface area contributed by atoms with Gasteiger partial charge in [-0.2, -0.15) is 4.37 Å². The number of furan rings is 1. The first-order valence-electron chi connectivity index (χ1n) is 10.2. The van der Waals surface area contributed by atoms with Crippen LogP contribution in [0.4, 0.5) is 5.13 Å². The van der Waals surface area contributed by atoms with Crippen LogP contribution >= 0.6 is 11.5 Å². The van der Waals surface area contributed by atoms with Gasteiger partial charge in [-0.3, -0.25) is 4.79 Å². The molecule has 0 unspecified atom stereocenters. The van der Waals surface area contributed by atoms with E-state index in [1.165, 1.54) is 22.7 Å². The van der Waals surface area contributed by atoms with Crippen molar-refractivity contribution < 1.29 is 13.9 Å². The van der Waals surface area contributed by atoms with Gasteiger partial charge < -0.3 is 19.0 Å². The number of carbonyl (C=O) groups excluding carboxylic acids is 1. The summed E-state index contributed by atoms with van der Waals surface area (Å²) in [4.78, 5) is 21.3. The van der Waals surface area contributed by atoms with Gasteiger partial charge in [0.15, 0.2) is 0 Å². The minimum absolute atomic E-state index is 0.145. The second-order valence-electron chi connectivity index (χ2n) is 7.40. The van der Waals surface area contributed by atoms with Gasteiger partial charge in [0.25, 0.3) is 0 Å². The normalized spacial score (nSPS) is 14.1. The van der Waals surface area contributed by atoms with E-state index < -0.39 is 0 Å². The molecule has 1 amide bonds. The van der Waals surface area contributed by atoms with Crippen molar-refractivity contribution in [1.82, 2.24) is 14.3 Å². The van der Waals surface area contributed by atoms with Gasteiger partial charge in [-0.25, -0.2) is 4.98 Å². The van der Waals surface area contributed by atoms with Crippen LogP contribution in [0.25, 0.3) is 0 Å². The van der Waals surface area contributed by atoms with Crippen LogP contribution in [-0.4, -0.2) is 53.0 Å². The summed E-state index contributed by atoms with van der Waals surface area (Å²) in [5, 5.41) is 0.809. The summed E-state index contributed by atoms with van der Waals surface area (Å²) in [6.45, 7) is 5.75. The Bertz CT molecular complexity index is 934. The average molecular weight is 427 g/mol. The average Bonchev–Trinajstić information content (AvgIpc) is 3.45. The van der Waals surface area contributed by atoms with Crippen LogP contribution in [0, 0.1) is 6.92 Å². The number of amides is 1. The summed E-state index contributed by atoms with van der Waals surface area (Å²) in [7, 11) is 0. The van der Waals surface area contributed by atoms with Crippen LogP contribution in [0.1, 0.15) is 29.1 Å². The highest BCUT2D eigenvalue weighted by atomic mass is 32.1. The van der Waals surface area contributed by atoms with Crippen molar-refractivity contribution in [3.05, 3.63) is 65.4 Å². The number of anilines is 1. The van der Waals surface area contributed by atoms with Gasteiger partial charge in [0.05, 0.1) is 26.0 Å².